The summed E-state index contributed by atoms with van der Waals surface area (Å²) in [5.74, 6) is -0.443. The van der Waals surface area contributed by atoms with Gasteiger partial charge in [-0.1, -0.05) is 18.2 Å². The Morgan fingerprint density at radius 2 is 2.06 bits per heavy atom. The average Bonchev–Trinajstić information content (AvgIpc) is 2.89. The van der Waals surface area contributed by atoms with Gasteiger partial charge in [0.05, 0.1) is 6.54 Å². The number of rotatable bonds is 4. The molecule has 18 heavy (non-hydrogen) atoms. The van der Waals surface area contributed by atoms with Gasteiger partial charge in [0.15, 0.2) is 0 Å². The van der Waals surface area contributed by atoms with E-state index in [1.807, 2.05) is 17.5 Å². The highest BCUT2D eigenvalue weighted by atomic mass is 32.1. The Kier molecular flexibility index (Phi) is 4.25. The molecule has 1 aromatic heterocycles. The Balaban J connectivity index is 1.85. The van der Waals surface area contributed by atoms with Crippen LogP contribution in [-0.2, 0) is 11.3 Å². The van der Waals surface area contributed by atoms with E-state index >= 15 is 0 Å². The maximum Gasteiger partial charge on any atom is 0.244 e. The van der Waals surface area contributed by atoms with E-state index in [9.17, 15) is 9.18 Å². The van der Waals surface area contributed by atoms with Gasteiger partial charge in [-0.15, -0.1) is 11.3 Å². The topological polar surface area (TPSA) is 29.1 Å². The maximum atomic E-state index is 12.7. The number of benzene rings is 1. The van der Waals surface area contributed by atoms with E-state index in [-0.39, 0.29) is 11.7 Å². The molecule has 2 nitrogen and oxygen atoms in total. The molecule has 0 aliphatic heterocycles. The third-order valence-corrected chi connectivity index (χ3v) is 3.19. The van der Waals surface area contributed by atoms with Crippen molar-refractivity contribution in [2.24, 2.45) is 0 Å². The van der Waals surface area contributed by atoms with Crippen LogP contribution in [0, 0.1) is 5.82 Å². The Hall–Kier alpha value is -1.94. The number of hydrogen-bond acceptors (Lipinski definition) is 2. The zero-order valence-corrected chi connectivity index (χ0v) is 10.4. The normalized spacial score (nSPS) is 10.7. The Bertz CT molecular complexity index is 531. The van der Waals surface area contributed by atoms with E-state index in [4.69, 9.17) is 0 Å². The van der Waals surface area contributed by atoms with Crippen LogP contribution in [0.1, 0.15) is 10.4 Å². The minimum atomic E-state index is -0.283. The van der Waals surface area contributed by atoms with E-state index in [2.05, 4.69) is 5.32 Å². The van der Waals surface area contributed by atoms with Gasteiger partial charge in [0.25, 0.3) is 0 Å². The van der Waals surface area contributed by atoms with E-state index in [1.165, 1.54) is 18.2 Å². The van der Waals surface area contributed by atoms with E-state index in [1.54, 1.807) is 29.5 Å². The molecule has 0 aliphatic carbocycles. The van der Waals surface area contributed by atoms with Gasteiger partial charge in [0.1, 0.15) is 5.82 Å². The van der Waals surface area contributed by atoms with Crippen LogP contribution in [0.4, 0.5) is 4.39 Å². The molecule has 0 spiro atoms. The summed E-state index contributed by atoms with van der Waals surface area (Å²) in [7, 11) is 0. The molecule has 92 valence electrons. The summed E-state index contributed by atoms with van der Waals surface area (Å²) in [5.41, 5.74) is 0.794. The molecule has 0 atom stereocenters. The van der Waals surface area contributed by atoms with Crippen molar-refractivity contribution in [3.63, 3.8) is 0 Å². The summed E-state index contributed by atoms with van der Waals surface area (Å²) in [6.07, 6.45) is 3.10. The first-order valence-electron chi connectivity index (χ1n) is 5.48. The standard InChI is InChI=1S/C14H12FNOS/c15-12-6-3-11(4-7-12)5-8-14(17)16-10-13-2-1-9-18-13/h1-9H,10H2,(H,16,17)/b8-5+. The first-order chi connectivity index (χ1) is 8.74. The van der Waals surface area contributed by atoms with E-state index in [0.717, 1.165) is 10.4 Å². The molecule has 2 rings (SSSR count). The minimum absolute atomic E-state index is 0.160. The number of amides is 1. The van der Waals surface area contributed by atoms with Gasteiger partial charge in [-0.3, -0.25) is 4.79 Å². The highest BCUT2D eigenvalue weighted by Crippen LogP contribution is 2.07. The van der Waals surface area contributed by atoms with Gasteiger partial charge in [0, 0.05) is 11.0 Å². The van der Waals surface area contributed by atoms with Crippen LogP contribution in [0.3, 0.4) is 0 Å². The molecule has 1 amide bonds. The van der Waals surface area contributed by atoms with Crippen molar-refractivity contribution in [2.45, 2.75) is 6.54 Å². The predicted molar refractivity (Wildman–Crippen MR) is 71.6 cm³/mol. The van der Waals surface area contributed by atoms with Crippen LogP contribution < -0.4 is 5.32 Å². The first kappa shape index (κ1) is 12.5. The van der Waals surface area contributed by atoms with Gasteiger partial charge in [-0.05, 0) is 35.2 Å². The third-order valence-electron chi connectivity index (χ3n) is 2.31. The fourth-order valence-electron chi connectivity index (χ4n) is 1.39. The molecule has 2 aromatic rings. The summed E-state index contributed by atoms with van der Waals surface area (Å²) in [5, 5.41) is 4.75. The molecule has 0 radical (unpaired) electrons. The molecular formula is C14H12FNOS. The molecule has 0 saturated carbocycles. The number of nitrogens with one attached hydrogen (secondary N) is 1. The van der Waals surface area contributed by atoms with Gasteiger partial charge in [-0.2, -0.15) is 0 Å². The number of hydrogen-bond donors (Lipinski definition) is 1. The zero-order chi connectivity index (χ0) is 12.8. The van der Waals surface area contributed by atoms with Crippen LogP contribution in [0.25, 0.3) is 6.08 Å². The van der Waals surface area contributed by atoms with E-state index < -0.39 is 0 Å². The Labute approximate surface area is 109 Å². The van der Waals surface area contributed by atoms with Crippen molar-refractivity contribution in [1.82, 2.24) is 5.32 Å². The van der Waals surface area contributed by atoms with Crippen molar-refractivity contribution < 1.29 is 9.18 Å². The maximum absolute atomic E-state index is 12.7. The smallest absolute Gasteiger partial charge is 0.244 e. The fourth-order valence-corrected chi connectivity index (χ4v) is 2.04. The van der Waals surface area contributed by atoms with Gasteiger partial charge in [-0.25, -0.2) is 4.39 Å². The summed E-state index contributed by atoms with van der Waals surface area (Å²) in [6.45, 7) is 0.532. The van der Waals surface area contributed by atoms with Gasteiger partial charge < -0.3 is 5.32 Å². The Morgan fingerprint density at radius 1 is 1.28 bits per heavy atom. The van der Waals surface area contributed by atoms with Crippen molar-refractivity contribution in [2.75, 3.05) is 0 Å². The molecule has 0 unspecified atom stereocenters. The van der Waals surface area contributed by atoms with Gasteiger partial charge in [0.2, 0.25) is 5.91 Å². The number of carbonyl (C=O) groups is 1. The SMILES string of the molecule is O=C(/C=C/c1ccc(F)cc1)NCc1cccs1. The van der Waals surface area contributed by atoms with Crippen LogP contribution in [-0.4, -0.2) is 5.91 Å². The molecule has 4 heteroatoms. The first-order valence-corrected chi connectivity index (χ1v) is 6.36. The molecule has 1 heterocycles. The van der Waals surface area contributed by atoms with Gasteiger partial charge >= 0.3 is 0 Å². The number of halogens is 1. The van der Waals surface area contributed by atoms with Crippen molar-refractivity contribution in [1.29, 1.82) is 0 Å². The molecule has 0 bridgehead atoms. The lowest BCUT2D eigenvalue weighted by atomic mass is 10.2. The minimum Gasteiger partial charge on any atom is -0.348 e. The molecule has 1 N–H and O–H groups in total. The second-order valence-electron chi connectivity index (χ2n) is 3.68. The lowest BCUT2D eigenvalue weighted by molar-refractivity contribution is -0.116. The molecule has 0 saturated heterocycles. The summed E-state index contributed by atoms with van der Waals surface area (Å²) < 4.78 is 12.7. The number of carbonyl (C=O) groups excluding carboxylic acids is 1. The third kappa shape index (κ3) is 3.82. The second kappa shape index (κ2) is 6.12. The fraction of sp³-hybridized carbons (Fsp3) is 0.0714. The lowest BCUT2D eigenvalue weighted by Crippen LogP contribution is -2.19. The van der Waals surface area contributed by atoms with E-state index in [0.29, 0.717) is 6.54 Å². The van der Waals surface area contributed by atoms with Crippen molar-refractivity contribution >= 4 is 23.3 Å². The monoisotopic (exact) mass is 261 g/mol. The lowest BCUT2D eigenvalue weighted by Gasteiger charge is -1.98. The predicted octanol–water partition coefficient (Wildman–Crippen LogP) is 3.22. The molecule has 0 fully saturated rings. The molecule has 1 aromatic carbocycles. The summed E-state index contributed by atoms with van der Waals surface area (Å²) in [6, 6.07) is 9.89. The largest absolute Gasteiger partial charge is 0.348 e. The molecule has 0 aliphatic rings. The van der Waals surface area contributed by atoms with Crippen molar-refractivity contribution in [3.05, 3.63) is 64.1 Å². The number of thiophene rings is 1. The highest BCUT2D eigenvalue weighted by Gasteiger charge is 1.97. The summed E-state index contributed by atoms with van der Waals surface area (Å²) in [4.78, 5) is 12.6. The van der Waals surface area contributed by atoms with Crippen LogP contribution in [0.2, 0.25) is 0 Å². The molecular weight excluding hydrogens is 249 g/mol. The quantitative estimate of drug-likeness (QED) is 0.841. The summed E-state index contributed by atoms with van der Waals surface area (Å²) >= 11 is 1.60. The van der Waals surface area contributed by atoms with Crippen LogP contribution in [0.5, 0.6) is 0 Å². The van der Waals surface area contributed by atoms with Crippen molar-refractivity contribution in [3.8, 4) is 0 Å². The average molecular weight is 261 g/mol. The van der Waals surface area contributed by atoms with Crippen LogP contribution >= 0.6 is 11.3 Å². The highest BCUT2D eigenvalue weighted by molar-refractivity contribution is 7.09. The zero-order valence-electron chi connectivity index (χ0n) is 9.60. The van der Waals surface area contributed by atoms with Crippen LogP contribution in [0.15, 0.2) is 47.9 Å². The second-order valence-corrected chi connectivity index (χ2v) is 4.71. The Morgan fingerprint density at radius 3 is 2.72 bits per heavy atom.